The Bertz CT molecular complexity index is 338. The number of nitrogens with one attached hydrogen (secondary N) is 1. The molecule has 0 spiro atoms. The molecule has 5 heteroatoms. The fourth-order valence-corrected chi connectivity index (χ4v) is 2.35. The molecule has 1 unspecified atom stereocenters. The van der Waals surface area contributed by atoms with Crippen molar-refractivity contribution in [3.05, 3.63) is 21.3 Å². The predicted octanol–water partition coefficient (Wildman–Crippen LogP) is 2.19. The van der Waals surface area contributed by atoms with Gasteiger partial charge in [0.25, 0.3) is 0 Å². The first-order valence-electron chi connectivity index (χ1n) is 5.34. The minimum atomic E-state index is 0.0694. The van der Waals surface area contributed by atoms with E-state index in [1.165, 1.54) is 4.88 Å². The van der Waals surface area contributed by atoms with Gasteiger partial charge in [0.15, 0.2) is 0 Å². The van der Waals surface area contributed by atoms with E-state index in [4.69, 9.17) is 17.3 Å². The summed E-state index contributed by atoms with van der Waals surface area (Å²) < 4.78 is 0.790. The average molecular weight is 261 g/mol. The lowest BCUT2D eigenvalue weighted by Gasteiger charge is -2.05. The first-order chi connectivity index (χ1) is 7.58. The average Bonchev–Trinajstić information content (AvgIpc) is 2.61. The Balaban J connectivity index is 2.13. The lowest BCUT2D eigenvalue weighted by Crippen LogP contribution is -2.27. The van der Waals surface area contributed by atoms with Crippen molar-refractivity contribution in [1.82, 2.24) is 5.32 Å². The fourth-order valence-electron chi connectivity index (χ4n) is 1.26. The van der Waals surface area contributed by atoms with E-state index in [0.29, 0.717) is 13.0 Å². The summed E-state index contributed by atoms with van der Waals surface area (Å²) in [5, 5.41) is 2.86. The molecule has 1 rings (SSSR count). The molecular weight excluding hydrogens is 244 g/mol. The van der Waals surface area contributed by atoms with E-state index < -0.39 is 0 Å². The molecule has 1 heterocycles. The second kappa shape index (κ2) is 6.89. The van der Waals surface area contributed by atoms with Crippen molar-refractivity contribution in [2.75, 3.05) is 6.54 Å². The molecule has 0 bridgehead atoms. The van der Waals surface area contributed by atoms with Crippen LogP contribution in [0.25, 0.3) is 0 Å². The van der Waals surface area contributed by atoms with Crippen molar-refractivity contribution in [3.63, 3.8) is 0 Å². The Morgan fingerprint density at radius 2 is 2.38 bits per heavy atom. The number of hydrogen-bond donors (Lipinski definition) is 2. The molecule has 16 heavy (non-hydrogen) atoms. The highest BCUT2D eigenvalue weighted by atomic mass is 35.5. The highest BCUT2D eigenvalue weighted by molar-refractivity contribution is 7.16. The summed E-state index contributed by atoms with van der Waals surface area (Å²) in [5.74, 6) is 0.0694. The zero-order valence-electron chi connectivity index (χ0n) is 9.33. The third kappa shape index (κ3) is 5.49. The molecule has 0 saturated carbocycles. The van der Waals surface area contributed by atoms with Crippen LogP contribution >= 0.6 is 22.9 Å². The summed E-state index contributed by atoms with van der Waals surface area (Å²) in [6, 6.07) is 3.95. The van der Waals surface area contributed by atoms with Crippen LogP contribution in [0.1, 0.15) is 24.6 Å². The molecule has 0 aliphatic carbocycles. The van der Waals surface area contributed by atoms with Crippen LogP contribution < -0.4 is 11.1 Å². The van der Waals surface area contributed by atoms with Crippen LogP contribution in [-0.2, 0) is 11.2 Å². The minimum absolute atomic E-state index is 0.0694. The number of hydrogen-bond acceptors (Lipinski definition) is 3. The minimum Gasteiger partial charge on any atom is -0.356 e. The summed E-state index contributed by atoms with van der Waals surface area (Å²) in [4.78, 5) is 12.5. The molecule has 0 radical (unpaired) electrons. The maximum atomic E-state index is 11.4. The van der Waals surface area contributed by atoms with Crippen molar-refractivity contribution < 1.29 is 4.79 Å². The molecule has 0 saturated heterocycles. The van der Waals surface area contributed by atoms with Crippen molar-refractivity contribution in [3.8, 4) is 0 Å². The van der Waals surface area contributed by atoms with Crippen LogP contribution in [0.3, 0.4) is 0 Å². The second-order valence-electron chi connectivity index (χ2n) is 3.82. The Hall–Kier alpha value is -0.580. The van der Waals surface area contributed by atoms with Crippen LogP contribution in [0.15, 0.2) is 12.1 Å². The van der Waals surface area contributed by atoms with E-state index in [2.05, 4.69) is 5.32 Å². The molecule has 1 aromatic heterocycles. The first kappa shape index (κ1) is 13.5. The van der Waals surface area contributed by atoms with Crippen LogP contribution in [0.5, 0.6) is 0 Å². The third-order valence-corrected chi connectivity index (χ3v) is 3.44. The van der Waals surface area contributed by atoms with E-state index in [0.717, 1.165) is 17.2 Å². The van der Waals surface area contributed by atoms with Crippen LogP contribution in [0.4, 0.5) is 0 Å². The van der Waals surface area contributed by atoms with Gasteiger partial charge >= 0.3 is 0 Å². The lowest BCUT2D eigenvalue weighted by atomic mass is 10.2. The predicted molar refractivity (Wildman–Crippen MR) is 68.9 cm³/mol. The molecule has 1 aromatic rings. The maximum Gasteiger partial charge on any atom is 0.220 e. The number of rotatable bonds is 6. The first-order valence-corrected chi connectivity index (χ1v) is 6.54. The quantitative estimate of drug-likeness (QED) is 0.824. The summed E-state index contributed by atoms with van der Waals surface area (Å²) >= 11 is 7.36. The van der Waals surface area contributed by atoms with E-state index in [1.54, 1.807) is 11.3 Å². The largest absolute Gasteiger partial charge is 0.356 e. The Kier molecular flexibility index (Phi) is 5.80. The van der Waals surface area contributed by atoms with Crippen molar-refractivity contribution >= 4 is 28.8 Å². The lowest BCUT2D eigenvalue weighted by molar-refractivity contribution is -0.121. The maximum absolute atomic E-state index is 11.4. The standard InChI is InChI=1S/C11H17ClN2OS/c1-8(13)2-5-11(15)14-7-6-9-3-4-10(12)16-9/h3-4,8H,2,5-7,13H2,1H3,(H,14,15). The number of halogens is 1. The normalized spacial score (nSPS) is 12.4. The van der Waals surface area contributed by atoms with Crippen molar-refractivity contribution in [1.29, 1.82) is 0 Å². The Morgan fingerprint density at radius 1 is 1.62 bits per heavy atom. The molecule has 1 atom stereocenters. The zero-order chi connectivity index (χ0) is 12.0. The number of thiophene rings is 1. The highest BCUT2D eigenvalue weighted by Crippen LogP contribution is 2.21. The van der Waals surface area contributed by atoms with Gasteiger partial charge in [0.1, 0.15) is 0 Å². The topological polar surface area (TPSA) is 55.1 Å². The number of amides is 1. The molecule has 0 aliphatic rings. The number of carbonyl (C=O) groups excluding carboxylic acids is 1. The van der Waals surface area contributed by atoms with Gasteiger partial charge < -0.3 is 11.1 Å². The van der Waals surface area contributed by atoms with Gasteiger partial charge in [0, 0.05) is 23.9 Å². The molecule has 3 N–H and O–H groups in total. The van der Waals surface area contributed by atoms with Crippen LogP contribution in [0, 0.1) is 0 Å². The summed E-state index contributed by atoms with van der Waals surface area (Å²) in [6.45, 7) is 2.57. The molecule has 90 valence electrons. The second-order valence-corrected chi connectivity index (χ2v) is 5.62. The van der Waals surface area contributed by atoms with Gasteiger partial charge in [-0.25, -0.2) is 0 Å². The van der Waals surface area contributed by atoms with E-state index >= 15 is 0 Å². The van der Waals surface area contributed by atoms with Crippen LogP contribution in [-0.4, -0.2) is 18.5 Å². The molecule has 1 amide bonds. The molecular formula is C11H17ClN2OS. The van der Waals surface area contributed by atoms with Gasteiger partial charge in [0.2, 0.25) is 5.91 Å². The van der Waals surface area contributed by atoms with E-state index in [-0.39, 0.29) is 11.9 Å². The SMILES string of the molecule is CC(N)CCC(=O)NCCc1ccc(Cl)s1. The van der Waals surface area contributed by atoms with Gasteiger partial charge in [-0.2, -0.15) is 0 Å². The Morgan fingerprint density at radius 3 is 2.94 bits per heavy atom. The van der Waals surface area contributed by atoms with Crippen molar-refractivity contribution in [2.45, 2.75) is 32.2 Å². The number of nitrogens with two attached hydrogens (primary N) is 1. The van der Waals surface area contributed by atoms with Crippen LogP contribution in [0.2, 0.25) is 4.34 Å². The van der Waals surface area contributed by atoms with Gasteiger partial charge in [-0.1, -0.05) is 11.6 Å². The smallest absolute Gasteiger partial charge is 0.220 e. The molecule has 0 aliphatic heterocycles. The van der Waals surface area contributed by atoms with Gasteiger partial charge in [-0.05, 0) is 31.9 Å². The summed E-state index contributed by atoms with van der Waals surface area (Å²) in [6.07, 6.45) is 2.07. The molecule has 3 nitrogen and oxygen atoms in total. The molecule has 0 fully saturated rings. The summed E-state index contributed by atoms with van der Waals surface area (Å²) in [5.41, 5.74) is 5.57. The highest BCUT2D eigenvalue weighted by Gasteiger charge is 2.03. The number of carbonyl (C=O) groups is 1. The zero-order valence-corrected chi connectivity index (χ0v) is 10.9. The van der Waals surface area contributed by atoms with Gasteiger partial charge in [-0.3, -0.25) is 4.79 Å². The summed E-state index contributed by atoms with van der Waals surface area (Å²) in [7, 11) is 0. The van der Waals surface area contributed by atoms with Gasteiger partial charge in [-0.15, -0.1) is 11.3 Å². The van der Waals surface area contributed by atoms with E-state index in [1.807, 2.05) is 19.1 Å². The monoisotopic (exact) mass is 260 g/mol. The third-order valence-electron chi connectivity index (χ3n) is 2.15. The fraction of sp³-hybridized carbons (Fsp3) is 0.545. The van der Waals surface area contributed by atoms with Crippen molar-refractivity contribution in [2.24, 2.45) is 5.73 Å². The van der Waals surface area contributed by atoms with Gasteiger partial charge in [0.05, 0.1) is 4.34 Å². The van der Waals surface area contributed by atoms with E-state index in [9.17, 15) is 4.79 Å². The Labute approximate surface area is 105 Å². The molecule has 0 aromatic carbocycles.